The van der Waals surface area contributed by atoms with Gasteiger partial charge in [-0.2, -0.15) is 0 Å². The molecule has 8 heteroatoms. The van der Waals surface area contributed by atoms with E-state index in [9.17, 15) is 4.79 Å². The van der Waals surface area contributed by atoms with Crippen LogP contribution in [0.2, 0.25) is 0 Å². The molecule has 2 aromatic carbocycles. The third kappa shape index (κ3) is 7.29. The lowest BCUT2D eigenvalue weighted by atomic mass is 9.89. The Morgan fingerprint density at radius 1 is 1.05 bits per heavy atom. The van der Waals surface area contributed by atoms with Gasteiger partial charge in [0.25, 0.3) is 0 Å². The van der Waals surface area contributed by atoms with Gasteiger partial charge in [-0.25, -0.2) is 4.68 Å². The highest BCUT2D eigenvalue weighted by atomic mass is 16.5. The zero-order valence-corrected chi connectivity index (χ0v) is 24.0. The average molecular weight is 546 g/mol. The van der Waals surface area contributed by atoms with Gasteiger partial charge in [0.2, 0.25) is 5.91 Å². The number of aromatic nitrogens is 3. The van der Waals surface area contributed by atoms with Crippen LogP contribution >= 0.6 is 0 Å². The first-order valence-electron chi connectivity index (χ1n) is 14.7. The summed E-state index contributed by atoms with van der Waals surface area (Å²) < 4.78 is 13.5. The summed E-state index contributed by atoms with van der Waals surface area (Å²) in [6, 6.07) is 18.8. The van der Waals surface area contributed by atoms with Gasteiger partial charge in [-0.15, -0.1) is 5.10 Å². The molecule has 214 valence electrons. The molecular weight excluding hydrogens is 502 g/mol. The molecule has 0 bridgehead atoms. The molecule has 0 saturated carbocycles. The topological polar surface area (TPSA) is 81.5 Å². The molecule has 2 fully saturated rings. The number of likely N-dealkylation sites (tertiary alicyclic amines) is 1. The first kappa shape index (κ1) is 28.3. The molecule has 1 aromatic heterocycles. The van der Waals surface area contributed by atoms with E-state index in [0.29, 0.717) is 12.5 Å². The number of nitrogens with zero attached hydrogens (tertiary/aromatic N) is 4. The number of carbonyl (C=O) groups excluding carboxylic acids is 1. The molecule has 5 rings (SSSR count). The van der Waals surface area contributed by atoms with Crippen molar-refractivity contribution in [3.63, 3.8) is 0 Å². The second-order valence-electron chi connectivity index (χ2n) is 11.5. The van der Waals surface area contributed by atoms with E-state index < -0.39 is 0 Å². The van der Waals surface area contributed by atoms with Crippen molar-refractivity contribution in [3.05, 3.63) is 77.6 Å². The van der Waals surface area contributed by atoms with Crippen LogP contribution in [-0.4, -0.2) is 58.2 Å². The Balaban J connectivity index is 1.03. The zero-order valence-electron chi connectivity index (χ0n) is 24.0. The smallest absolute Gasteiger partial charge is 0.225 e. The van der Waals surface area contributed by atoms with E-state index in [2.05, 4.69) is 64.0 Å². The average Bonchev–Trinajstić information content (AvgIpc) is 3.66. The van der Waals surface area contributed by atoms with Crippen LogP contribution in [0.1, 0.15) is 74.7 Å². The summed E-state index contributed by atoms with van der Waals surface area (Å²) in [4.78, 5) is 15.3. The van der Waals surface area contributed by atoms with E-state index in [-0.39, 0.29) is 30.1 Å². The van der Waals surface area contributed by atoms with Gasteiger partial charge in [-0.1, -0.05) is 54.6 Å². The van der Waals surface area contributed by atoms with E-state index in [4.69, 9.17) is 9.47 Å². The number of carbonyl (C=O) groups is 1. The summed E-state index contributed by atoms with van der Waals surface area (Å²) in [7, 11) is 1.65. The largest absolute Gasteiger partial charge is 0.497 e. The van der Waals surface area contributed by atoms with E-state index >= 15 is 0 Å². The highest BCUT2D eigenvalue weighted by Crippen LogP contribution is 2.31. The Hall–Kier alpha value is -3.23. The maximum atomic E-state index is 12.8. The van der Waals surface area contributed by atoms with Gasteiger partial charge < -0.3 is 14.8 Å². The first-order valence-corrected chi connectivity index (χ1v) is 14.7. The standard InChI is InChI=1S/C32H43N5O3/c1-23(37-22-28(34-35-37)21-36-17-15-27(16-18-36)26-7-5-4-6-8-26)19-30-13-14-31(40-30)24(2)32(38)33-20-25-9-11-29(39-3)12-10-25/h4-12,22-24,27,30-31H,13-21H2,1-3H3,(H,33,38)/t23-,24+,30-,31+/m1/s1. The molecule has 3 heterocycles. The fraction of sp³-hybridized carbons (Fsp3) is 0.531. The maximum absolute atomic E-state index is 12.8. The van der Waals surface area contributed by atoms with E-state index in [1.54, 1.807) is 7.11 Å². The first-order chi connectivity index (χ1) is 19.5. The van der Waals surface area contributed by atoms with Crippen molar-refractivity contribution < 1.29 is 14.3 Å². The maximum Gasteiger partial charge on any atom is 0.225 e. The second-order valence-corrected chi connectivity index (χ2v) is 11.5. The van der Waals surface area contributed by atoms with Crippen molar-refractivity contribution in [1.29, 1.82) is 0 Å². The Morgan fingerprint density at radius 2 is 1.80 bits per heavy atom. The monoisotopic (exact) mass is 545 g/mol. The van der Waals surface area contributed by atoms with Crippen molar-refractivity contribution in [1.82, 2.24) is 25.2 Å². The summed E-state index contributed by atoms with van der Waals surface area (Å²) in [5, 5.41) is 12.0. The van der Waals surface area contributed by atoms with Crippen LogP contribution in [0, 0.1) is 5.92 Å². The molecule has 0 spiro atoms. The van der Waals surface area contributed by atoms with Gasteiger partial charge in [-0.3, -0.25) is 9.69 Å². The van der Waals surface area contributed by atoms with Crippen molar-refractivity contribution in [2.75, 3.05) is 20.2 Å². The molecule has 40 heavy (non-hydrogen) atoms. The predicted molar refractivity (Wildman–Crippen MR) is 155 cm³/mol. The van der Waals surface area contributed by atoms with Crippen molar-refractivity contribution in [2.24, 2.45) is 5.92 Å². The molecule has 0 radical (unpaired) electrons. The minimum atomic E-state index is -0.192. The van der Waals surface area contributed by atoms with Gasteiger partial charge in [0.15, 0.2) is 0 Å². The Labute approximate surface area is 238 Å². The minimum absolute atomic E-state index is 0.0308. The number of rotatable bonds is 11. The third-order valence-corrected chi connectivity index (χ3v) is 8.59. The number of hydrogen-bond donors (Lipinski definition) is 1. The molecule has 1 amide bonds. The van der Waals surface area contributed by atoms with E-state index in [0.717, 1.165) is 55.9 Å². The van der Waals surface area contributed by atoms with Gasteiger partial charge in [0.05, 0.1) is 43.2 Å². The summed E-state index contributed by atoms with van der Waals surface area (Å²) >= 11 is 0. The number of hydrogen-bond acceptors (Lipinski definition) is 6. The van der Waals surface area contributed by atoms with Gasteiger partial charge in [0, 0.05) is 13.1 Å². The molecule has 8 nitrogen and oxygen atoms in total. The minimum Gasteiger partial charge on any atom is -0.497 e. The lowest BCUT2D eigenvalue weighted by Crippen LogP contribution is -2.35. The van der Waals surface area contributed by atoms with E-state index in [1.807, 2.05) is 35.9 Å². The lowest BCUT2D eigenvalue weighted by Gasteiger charge is -2.31. The summed E-state index contributed by atoms with van der Waals surface area (Å²) in [5.74, 6) is 1.31. The number of amides is 1. The van der Waals surface area contributed by atoms with Gasteiger partial charge in [-0.05, 0) is 81.3 Å². The number of methoxy groups -OCH3 is 1. The quantitative estimate of drug-likeness (QED) is 0.360. The molecular formula is C32H43N5O3. The molecule has 0 aliphatic carbocycles. The summed E-state index contributed by atoms with van der Waals surface area (Å²) in [6.45, 7) is 7.66. The van der Waals surface area contributed by atoms with Crippen LogP contribution in [0.5, 0.6) is 5.75 Å². The molecule has 4 atom stereocenters. The lowest BCUT2D eigenvalue weighted by molar-refractivity contribution is -0.129. The molecule has 1 N–H and O–H groups in total. The molecule has 2 aliphatic rings. The molecule has 2 saturated heterocycles. The van der Waals surface area contributed by atoms with Crippen molar-refractivity contribution >= 4 is 5.91 Å². The normalized spacial score (nSPS) is 21.7. The summed E-state index contributed by atoms with van der Waals surface area (Å²) in [6.07, 6.45) is 7.26. The summed E-state index contributed by atoms with van der Waals surface area (Å²) in [5.41, 5.74) is 3.53. The van der Waals surface area contributed by atoms with Crippen molar-refractivity contribution in [3.8, 4) is 5.75 Å². The molecule has 0 unspecified atom stereocenters. The predicted octanol–water partition coefficient (Wildman–Crippen LogP) is 5.12. The third-order valence-electron chi connectivity index (χ3n) is 8.59. The number of ether oxygens (including phenoxy) is 2. The van der Waals surface area contributed by atoms with Crippen LogP contribution in [0.25, 0.3) is 0 Å². The van der Waals surface area contributed by atoms with Crippen LogP contribution in [-0.2, 0) is 22.6 Å². The second kappa shape index (κ2) is 13.4. The van der Waals surface area contributed by atoms with Gasteiger partial charge in [0.1, 0.15) is 5.75 Å². The fourth-order valence-electron chi connectivity index (χ4n) is 6.01. The zero-order chi connectivity index (χ0) is 27.9. The Bertz CT molecular complexity index is 1210. The Morgan fingerprint density at radius 3 is 2.52 bits per heavy atom. The van der Waals surface area contributed by atoms with Crippen LogP contribution in [0.4, 0.5) is 0 Å². The molecule has 2 aliphatic heterocycles. The number of nitrogens with one attached hydrogen (secondary N) is 1. The van der Waals surface area contributed by atoms with Crippen LogP contribution in [0.15, 0.2) is 60.8 Å². The van der Waals surface area contributed by atoms with Crippen LogP contribution < -0.4 is 10.1 Å². The van der Waals surface area contributed by atoms with E-state index in [1.165, 1.54) is 18.4 Å². The van der Waals surface area contributed by atoms with Crippen molar-refractivity contribution in [2.45, 2.75) is 83.2 Å². The fourth-order valence-corrected chi connectivity index (χ4v) is 6.01. The highest BCUT2D eigenvalue weighted by Gasteiger charge is 2.34. The number of piperidine rings is 1. The van der Waals surface area contributed by atoms with Gasteiger partial charge >= 0.3 is 0 Å². The SMILES string of the molecule is COc1ccc(CNC(=O)[C@@H](C)[C@@H]2CC[C@H](C[C@@H](C)n3cc(CN4CCC(c5ccccc5)CC4)nn3)O2)cc1. The van der Waals surface area contributed by atoms with Crippen LogP contribution in [0.3, 0.4) is 0 Å². The molecule has 3 aromatic rings. The Kier molecular flexibility index (Phi) is 9.49. The highest BCUT2D eigenvalue weighted by molar-refractivity contribution is 5.78. The number of benzene rings is 2.